The molecule has 0 radical (unpaired) electrons. The molecule has 2 amide bonds. The van der Waals surface area contributed by atoms with Crippen molar-refractivity contribution in [3.05, 3.63) is 76.2 Å². The second kappa shape index (κ2) is 9.54. The number of fused-ring (bicyclic) bond motifs is 2. The van der Waals surface area contributed by atoms with Crippen molar-refractivity contribution in [2.75, 3.05) is 13.9 Å². The molecule has 9 nitrogen and oxygen atoms in total. The highest BCUT2D eigenvalue weighted by Crippen LogP contribution is 2.33. The summed E-state index contributed by atoms with van der Waals surface area (Å²) in [5, 5.41) is 7.28. The Balaban J connectivity index is 1.29. The number of nitrogens with one attached hydrogen (secondary N) is 2. The molecule has 2 aliphatic rings. The quantitative estimate of drug-likeness (QED) is 0.526. The van der Waals surface area contributed by atoms with Crippen LogP contribution >= 0.6 is 0 Å². The van der Waals surface area contributed by atoms with Crippen LogP contribution in [0.25, 0.3) is 0 Å². The average molecular weight is 476 g/mol. The standard InChI is InChI=1S/C26H25N3O6/c1-15-23-19(28-29-25(30)17-7-9-18(32-2)10-8-17)4-3-5-21(23)35-24(15)26(31)27-13-16-6-11-20-22(12-16)34-14-33-20/h6-12H,3-5,13-14H2,1-2H3,(H,27,31)(H,29,30)/b28-19+. The third kappa shape index (κ3) is 4.57. The molecule has 1 aliphatic heterocycles. The highest BCUT2D eigenvalue weighted by molar-refractivity contribution is 6.07. The van der Waals surface area contributed by atoms with Crippen LogP contribution in [0, 0.1) is 6.92 Å². The van der Waals surface area contributed by atoms with Crippen molar-refractivity contribution in [2.45, 2.75) is 32.7 Å². The van der Waals surface area contributed by atoms with Crippen molar-refractivity contribution in [1.82, 2.24) is 10.7 Å². The zero-order valence-electron chi connectivity index (χ0n) is 19.5. The zero-order chi connectivity index (χ0) is 24.4. The summed E-state index contributed by atoms with van der Waals surface area (Å²) in [4.78, 5) is 25.4. The van der Waals surface area contributed by atoms with E-state index >= 15 is 0 Å². The van der Waals surface area contributed by atoms with Crippen LogP contribution in [-0.2, 0) is 13.0 Å². The van der Waals surface area contributed by atoms with Crippen molar-refractivity contribution in [2.24, 2.45) is 5.10 Å². The largest absolute Gasteiger partial charge is 0.497 e. The number of nitrogens with zero attached hydrogens (tertiary/aromatic N) is 1. The molecule has 0 atom stereocenters. The number of carbonyl (C=O) groups is 2. The predicted molar refractivity (Wildman–Crippen MR) is 127 cm³/mol. The van der Waals surface area contributed by atoms with Crippen LogP contribution in [0.1, 0.15) is 56.2 Å². The number of amides is 2. The minimum atomic E-state index is -0.324. The zero-order valence-corrected chi connectivity index (χ0v) is 19.5. The van der Waals surface area contributed by atoms with Gasteiger partial charge in [0.05, 0.1) is 12.8 Å². The molecular weight excluding hydrogens is 450 g/mol. The van der Waals surface area contributed by atoms with Crippen LogP contribution in [0.15, 0.2) is 52.0 Å². The summed E-state index contributed by atoms with van der Waals surface area (Å²) >= 11 is 0. The minimum Gasteiger partial charge on any atom is -0.497 e. The van der Waals surface area contributed by atoms with Gasteiger partial charge >= 0.3 is 0 Å². The molecule has 0 spiro atoms. The van der Waals surface area contributed by atoms with E-state index in [1.54, 1.807) is 31.4 Å². The van der Waals surface area contributed by atoms with Gasteiger partial charge in [0.1, 0.15) is 11.5 Å². The van der Waals surface area contributed by atoms with Crippen molar-refractivity contribution in [3.63, 3.8) is 0 Å². The first-order chi connectivity index (χ1) is 17.0. The van der Waals surface area contributed by atoms with Gasteiger partial charge in [0.25, 0.3) is 11.8 Å². The molecule has 0 saturated heterocycles. The third-order valence-electron chi connectivity index (χ3n) is 6.07. The van der Waals surface area contributed by atoms with Gasteiger partial charge < -0.3 is 23.9 Å². The van der Waals surface area contributed by atoms with E-state index in [-0.39, 0.29) is 24.4 Å². The van der Waals surface area contributed by atoms with E-state index < -0.39 is 0 Å². The molecule has 9 heteroatoms. The van der Waals surface area contributed by atoms with E-state index in [0.29, 0.717) is 59.2 Å². The first kappa shape index (κ1) is 22.5. The lowest BCUT2D eigenvalue weighted by atomic mass is 9.93. The van der Waals surface area contributed by atoms with E-state index in [4.69, 9.17) is 18.6 Å². The Labute approximate surface area is 202 Å². The Morgan fingerprint density at radius 2 is 1.83 bits per heavy atom. The van der Waals surface area contributed by atoms with E-state index in [1.165, 1.54) is 0 Å². The molecule has 0 saturated carbocycles. The van der Waals surface area contributed by atoms with E-state index in [2.05, 4.69) is 15.8 Å². The Bertz CT molecular complexity index is 1310. The summed E-state index contributed by atoms with van der Waals surface area (Å²) < 4.78 is 21.8. The normalized spacial score (nSPS) is 15.0. The van der Waals surface area contributed by atoms with Gasteiger partial charge in [0.2, 0.25) is 6.79 Å². The van der Waals surface area contributed by atoms with Crippen molar-refractivity contribution < 1.29 is 28.2 Å². The van der Waals surface area contributed by atoms with Crippen LogP contribution in [0.4, 0.5) is 0 Å². The van der Waals surface area contributed by atoms with Crippen LogP contribution in [0.5, 0.6) is 17.2 Å². The molecule has 1 aromatic heterocycles. The van der Waals surface area contributed by atoms with Gasteiger partial charge in [-0.25, -0.2) is 5.43 Å². The molecule has 2 heterocycles. The van der Waals surface area contributed by atoms with Crippen molar-refractivity contribution in [3.8, 4) is 17.2 Å². The van der Waals surface area contributed by atoms with Gasteiger partial charge in [-0.1, -0.05) is 6.07 Å². The Kier molecular flexibility index (Phi) is 6.13. The molecule has 2 aromatic carbocycles. The maximum Gasteiger partial charge on any atom is 0.287 e. The van der Waals surface area contributed by atoms with E-state index in [0.717, 1.165) is 17.5 Å². The van der Waals surface area contributed by atoms with Gasteiger partial charge in [0.15, 0.2) is 17.3 Å². The first-order valence-electron chi connectivity index (χ1n) is 11.3. The highest BCUT2D eigenvalue weighted by Gasteiger charge is 2.28. The molecule has 2 N–H and O–H groups in total. The van der Waals surface area contributed by atoms with Crippen LogP contribution < -0.4 is 25.0 Å². The molecule has 3 aromatic rings. The molecule has 0 fully saturated rings. The van der Waals surface area contributed by atoms with E-state index in [9.17, 15) is 9.59 Å². The lowest BCUT2D eigenvalue weighted by molar-refractivity contribution is 0.0919. The van der Waals surface area contributed by atoms with Crippen molar-refractivity contribution in [1.29, 1.82) is 0 Å². The summed E-state index contributed by atoms with van der Waals surface area (Å²) in [5.74, 6) is 2.36. The smallest absolute Gasteiger partial charge is 0.287 e. The van der Waals surface area contributed by atoms with Crippen LogP contribution in [0.2, 0.25) is 0 Å². The average Bonchev–Trinajstić information content (AvgIpc) is 3.50. The second-order valence-corrected chi connectivity index (χ2v) is 8.31. The second-order valence-electron chi connectivity index (χ2n) is 8.31. The lowest BCUT2D eigenvalue weighted by Crippen LogP contribution is -2.23. The fourth-order valence-electron chi connectivity index (χ4n) is 4.24. The number of hydrogen-bond donors (Lipinski definition) is 2. The summed E-state index contributed by atoms with van der Waals surface area (Å²) in [6, 6.07) is 12.3. The fourth-order valence-corrected chi connectivity index (χ4v) is 4.24. The number of rotatable bonds is 6. The van der Waals surface area contributed by atoms with Crippen LogP contribution in [0.3, 0.4) is 0 Å². The van der Waals surface area contributed by atoms with Crippen molar-refractivity contribution >= 4 is 17.5 Å². The number of carbonyl (C=O) groups excluding carboxylic acids is 2. The van der Waals surface area contributed by atoms with Gasteiger partial charge in [-0.2, -0.15) is 5.10 Å². The summed E-state index contributed by atoms with van der Waals surface area (Å²) in [5.41, 5.74) is 6.18. The Morgan fingerprint density at radius 1 is 1.03 bits per heavy atom. The number of hydrogen-bond acceptors (Lipinski definition) is 7. The van der Waals surface area contributed by atoms with Gasteiger partial charge in [-0.15, -0.1) is 0 Å². The highest BCUT2D eigenvalue weighted by atomic mass is 16.7. The van der Waals surface area contributed by atoms with Crippen LogP contribution in [-0.4, -0.2) is 31.4 Å². The molecule has 1 aliphatic carbocycles. The minimum absolute atomic E-state index is 0.201. The monoisotopic (exact) mass is 475 g/mol. The third-order valence-corrected chi connectivity index (χ3v) is 6.07. The molecule has 0 unspecified atom stereocenters. The Hall–Kier alpha value is -4.27. The summed E-state index contributed by atoms with van der Waals surface area (Å²) in [7, 11) is 1.57. The molecule has 180 valence electrons. The maximum absolute atomic E-state index is 12.9. The predicted octanol–water partition coefficient (Wildman–Crippen LogP) is 3.73. The van der Waals surface area contributed by atoms with Gasteiger partial charge in [-0.3, -0.25) is 9.59 Å². The number of furan rings is 1. The van der Waals surface area contributed by atoms with E-state index in [1.807, 2.05) is 25.1 Å². The Morgan fingerprint density at radius 3 is 2.63 bits per heavy atom. The lowest BCUT2D eigenvalue weighted by Gasteiger charge is -2.13. The molecular formula is C26H25N3O6. The topological polar surface area (TPSA) is 111 Å². The number of methoxy groups -OCH3 is 1. The van der Waals surface area contributed by atoms with Gasteiger partial charge in [-0.05, 0) is 61.7 Å². The first-order valence-corrected chi connectivity index (χ1v) is 11.3. The molecule has 35 heavy (non-hydrogen) atoms. The fraction of sp³-hybridized carbons (Fsp3) is 0.269. The summed E-state index contributed by atoms with van der Waals surface area (Å²) in [6.45, 7) is 2.36. The number of ether oxygens (including phenoxy) is 3. The molecule has 5 rings (SSSR count). The van der Waals surface area contributed by atoms with Gasteiger partial charge in [0, 0.05) is 29.7 Å². The summed E-state index contributed by atoms with van der Waals surface area (Å²) in [6.07, 6.45) is 2.20. The number of aryl methyl sites for hydroxylation is 1. The number of hydrazone groups is 1. The SMILES string of the molecule is COc1ccc(C(=O)N/N=C2\CCCc3oc(C(=O)NCc4ccc5c(c4)OCO5)c(C)c32)cc1. The maximum atomic E-state index is 12.9. The number of benzene rings is 2. The molecule has 0 bridgehead atoms.